The van der Waals surface area contributed by atoms with Gasteiger partial charge in [0.15, 0.2) is 5.16 Å². The van der Waals surface area contributed by atoms with Gasteiger partial charge in [0.25, 0.3) is 5.91 Å². The van der Waals surface area contributed by atoms with Crippen molar-refractivity contribution in [2.45, 2.75) is 23.8 Å². The van der Waals surface area contributed by atoms with Gasteiger partial charge in [0.05, 0.1) is 5.92 Å². The number of hydrogen-bond acceptors (Lipinski definition) is 5. The van der Waals surface area contributed by atoms with Crippen molar-refractivity contribution in [3.8, 4) is 0 Å². The van der Waals surface area contributed by atoms with Crippen molar-refractivity contribution in [1.29, 1.82) is 0 Å². The molecule has 0 spiro atoms. The average Bonchev–Trinajstić information content (AvgIpc) is 3.13. The summed E-state index contributed by atoms with van der Waals surface area (Å²) in [6, 6.07) is 7.41. The van der Waals surface area contributed by atoms with Gasteiger partial charge in [-0.05, 0) is 30.5 Å². The molecule has 1 aliphatic heterocycles. The number of carbonyl (C=O) groups is 2. The van der Waals surface area contributed by atoms with Crippen molar-refractivity contribution in [2.24, 2.45) is 5.92 Å². The summed E-state index contributed by atoms with van der Waals surface area (Å²) in [6.45, 7) is 0.906. The van der Waals surface area contributed by atoms with Crippen LogP contribution in [0.4, 0.5) is 0 Å². The normalized spacial score (nSPS) is 17.7. The number of piperidine rings is 1. The van der Waals surface area contributed by atoms with E-state index in [1.165, 1.54) is 18.1 Å². The molecule has 1 amide bonds. The lowest BCUT2D eigenvalue weighted by atomic mass is 9.97. The van der Waals surface area contributed by atoms with Crippen LogP contribution < -0.4 is 0 Å². The summed E-state index contributed by atoms with van der Waals surface area (Å²) in [5.74, 6) is -0.656. The minimum absolute atomic E-state index is 0.101. The molecule has 0 saturated carbocycles. The molecule has 0 bridgehead atoms. The zero-order valence-corrected chi connectivity index (χ0v) is 13.8. The Morgan fingerprint density at radius 1 is 1.33 bits per heavy atom. The monoisotopic (exact) mass is 346 g/mol. The summed E-state index contributed by atoms with van der Waals surface area (Å²) in [4.78, 5) is 29.3. The van der Waals surface area contributed by atoms with Crippen molar-refractivity contribution >= 4 is 23.6 Å². The van der Waals surface area contributed by atoms with Crippen molar-refractivity contribution in [3.63, 3.8) is 0 Å². The largest absolute Gasteiger partial charge is 0.481 e. The van der Waals surface area contributed by atoms with Gasteiger partial charge in [-0.1, -0.05) is 23.9 Å². The number of carboxylic acid groups (broad SMARTS) is 1. The van der Waals surface area contributed by atoms with E-state index in [4.69, 9.17) is 5.11 Å². The summed E-state index contributed by atoms with van der Waals surface area (Å²) >= 11 is 1.54. The molecule has 7 nitrogen and oxygen atoms in total. The van der Waals surface area contributed by atoms with Crippen molar-refractivity contribution in [3.05, 3.63) is 41.7 Å². The van der Waals surface area contributed by atoms with Crippen LogP contribution in [0, 0.1) is 5.92 Å². The number of aromatic amines is 1. The van der Waals surface area contributed by atoms with Gasteiger partial charge in [-0.25, -0.2) is 4.98 Å². The zero-order chi connectivity index (χ0) is 16.9. The van der Waals surface area contributed by atoms with E-state index >= 15 is 0 Å². The first kappa shape index (κ1) is 16.5. The number of aromatic nitrogens is 3. The highest BCUT2D eigenvalue weighted by atomic mass is 32.2. The standard InChI is InChI=1S/C16H18N4O3S/c21-14(20-7-1-2-13(8-20)15(22)23)12-5-3-11(4-6-12)9-24-16-17-10-18-19-16/h3-6,10,13H,1-2,7-9H2,(H,22,23)(H,17,18,19). The van der Waals surface area contributed by atoms with E-state index in [1.807, 2.05) is 12.1 Å². The third-order valence-electron chi connectivity index (χ3n) is 4.03. The van der Waals surface area contributed by atoms with Gasteiger partial charge in [0.1, 0.15) is 6.33 Å². The number of hydrogen-bond donors (Lipinski definition) is 2. The number of rotatable bonds is 5. The summed E-state index contributed by atoms with van der Waals surface area (Å²) in [7, 11) is 0. The molecule has 8 heteroatoms. The number of carboxylic acids is 1. The predicted octanol–water partition coefficient (Wildman–Crippen LogP) is 2.03. The Bertz CT molecular complexity index is 703. The third kappa shape index (κ3) is 3.94. The molecule has 126 valence electrons. The molecule has 2 aromatic rings. The number of H-pyrrole nitrogens is 1. The summed E-state index contributed by atoms with van der Waals surface area (Å²) in [5.41, 5.74) is 1.67. The van der Waals surface area contributed by atoms with E-state index in [-0.39, 0.29) is 12.5 Å². The van der Waals surface area contributed by atoms with E-state index in [0.29, 0.717) is 18.5 Å². The van der Waals surface area contributed by atoms with Crippen LogP contribution in [0.25, 0.3) is 0 Å². The maximum absolute atomic E-state index is 12.5. The van der Waals surface area contributed by atoms with Crippen LogP contribution in [0.5, 0.6) is 0 Å². The molecule has 2 heterocycles. The Morgan fingerprint density at radius 3 is 2.79 bits per heavy atom. The van der Waals surface area contributed by atoms with Crippen LogP contribution in [0.2, 0.25) is 0 Å². The van der Waals surface area contributed by atoms with E-state index in [9.17, 15) is 9.59 Å². The second kappa shape index (κ2) is 7.48. The van der Waals surface area contributed by atoms with Gasteiger partial charge in [0.2, 0.25) is 0 Å². The molecule has 3 rings (SSSR count). The first-order valence-corrected chi connectivity index (χ1v) is 8.71. The Morgan fingerprint density at radius 2 is 2.12 bits per heavy atom. The lowest BCUT2D eigenvalue weighted by molar-refractivity contribution is -0.143. The number of aliphatic carboxylic acids is 1. The van der Waals surface area contributed by atoms with Crippen LogP contribution in [0.15, 0.2) is 35.7 Å². The lowest BCUT2D eigenvalue weighted by Gasteiger charge is -2.30. The number of amides is 1. The highest BCUT2D eigenvalue weighted by Gasteiger charge is 2.28. The number of nitrogens with one attached hydrogen (secondary N) is 1. The van der Waals surface area contributed by atoms with Crippen LogP contribution in [0.1, 0.15) is 28.8 Å². The fraction of sp³-hybridized carbons (Fsp3) is 0.375. The maximum atomic E-state index is 12.5. The quantitative estimate of drug-likeness (QED) is 0.804. The minimum Gasteiger partial charge on any atom is -0.481 e. The number of likely N-dealkylation sites (tertiary alicyclic amines) is 1. The molecular weight excluding hydrogens is 328 g/mol. The Balaban J connectivity index is 1.60. The maximum Gasteiger partial charge on any atom is 0.308 e. The van der Waals surface area contributed by atoms with Gasteiger partial charge in [-0.3, -0.25) is 14.7 Å². The second-order valence-electron chi connectivity index (χ2n) is 5.70. The van der Waals surface area contributed by atoms with Crippen LogP contribution in [0.3, 0.4) is 0 Å². The van der Waals surface area contributed by atoms with Crippen LogP contribution in [-0.4, -0.2) is 50.2 Å². The number of benzene rings is 1. The van der Waals surface area contributed by atoms with Crippen molar-refractivity contribution in [2.75, 3.05) is 13.1 Å². The molecule has 0 radical (unpaired) electrons. The summed E-state index contributed by atoms with van der Waals surface area (Å²) in [5, 5.41) is 16.5. The van der Waals surface area contributed by atoms with Gasteiger partial charge in [-0.2, -0.15) is 5.10 Å². The fourth-order valence-corrected chi connectivity index (χ4v) is 3.44. The first-order valence-electron chi connectivity index (χ1n) is 7.72. The van der Waals surface area contributed by atoms with Gasteiger partial charge >= 0.3 is 5.97 Å². The Kier molecular flexibility index (Phi) is 5.14. The van der Waals surface area contributed by atoms with Gasteiger partial charge in [-0.15, -0.1) is 0 Å². The predicted molar refractivity (Wildman–Crippen MR) is 88.6 cm³/mol. The van der Waals surface area contributed by atoms with Crippen molar-refractivity contribution < 1.29 is 14.7 Å². The first-order chi connectivity index (χ1) is 11.6. The van der Waals surface area contributed by atoms with Gasteiger partial charge in [0, 0.05) is 24.4 Å². The summed E-state index contributed by atoms with van der Waals surface area (Å²) in [6.07, 6.45) is 2.83. The molecular formula is C16H18N4O3S. The Labute approximate surface area is 143 Å². The highest BCUT2D eigenvalue weighted by molar-refractivity contribution is 7.98. The molecule has 1 fully saturated rings. The molecule has 0 aliphatic carbocycles. The van der Waals surface area contributed by atoms with E-state index in [1.54, 1.807) is 17.0 Å². The van der Waals surface area contributed by atoms with Gasteiger partial charge < -0.3 is 10.0 Å². The lowest BCUT2D eigenvalue weighted by Crippen LogP contribution is -2.42. The summed E-state index contributed by atoms with van der Waals surface area (Å²) < 4.78 is 0. The molecule has 24 heavy (non-hydrogen) atoms. The second-order valence-corrected chi connectivity index (χ2v) is 6.67. The molecule has 2 N–H and O–H groups in total. The van der Waals surface area contributed by atoms with Crippen LogP contribution >= 0.6 is 11.8 Å². The zero-order valence-electron chi connectivity index (χ0n) is 13.0. The molecule has 1 atom stereocenters. The van der Waals surface area contributed by atoms with Crippen molar-refractivity contribution in [1.82, 2.24) is 20.1 Å². The topological polar surface area (TPSA) is 99.2 Å². The molecule has 1 saturated heterocycles. The van der Waals surface area contributed by atoms with E-state index in [0.717, 1.165) is 22.9 Å². The molecule has 1 aliphatic rings. The number of carbonyl (C=O) groups excluding carboxylic acids is 1. The van der Waals surface area contributed by atoms with E-state index in [2.05, 4.69) is 15.2 Å². The number of nitrogens with zero attached hydrogens (tertiary/aromatic N) is 3. The van der Waals surface area contributed by atoms with E-state index < -0.39 is 11.9 Å². The SMILES string of the molecule is O=C(O)C1CCCN(C(=O)c2ccc(CSc3ncn[nH]3)cc2)C1. The smallest absolute Gasteiger partial charge is 0.308 e. The molecule has 1 aromatic heterocycles. The molecule has 1 aromatic carbocycles. The Hall–Kier alpha value is -2.35. The minimum atomic E-state index is -0.827. The van der Waals surface area contributed by atoms with Crippen LogP contribution in [-0.2, 0) is 10.5 Å². The average molecular weight is 346 g/mol. The highest BCUT2D eigenvalue weighted by Crippen LogP contribution is 2.21. The third-order valence-corrected chi connectivity index (χ3v) is 4.98. The fourth-order valence-electron chi connectivity index (χ4n) is 2.70. The number of thioether (sulfide) groups is 1. The molecule has 1 unspecified atom stereocenters.